The van der Waals surface area contributed by atoms with Gasteiger partial charge in [0.05, 0.1) is 34.8 Å². The number of fused-ring (bicyclic) bond motifs is 2. The molecule has 0 fully saturated rings. The molecule has 0 atom stereocenters. The number of nitrogens with one attached hydrogen (secondary N) is 2. The summed E-state index contributed by atoms with van der Waals surface area (Å²) in [5, 5.41) is 5.34. The number of nitrogens with two attached hydrogens (primary N) is 1. The summed E-state index contributed by atoms with van der Waals surface area (Å²) in [6, 6.07) is 9.04. The molecule has 0 saturated heterocycles. The fourth-order valence-electron chi connectivity index (χ4n) is 4.92. The van der Waals surface area contributed by atoms with Crippen LogP contribution in [-0.2, 0) is 31.5 Å². The van der Waals surface area contributed by atoms with Gasteiger partial charge in [0.2, 0.25) is 11.2 Å². The number of nitrogen functional groups attached to an aromatic ring is 1. The molecule has 1 aromatic heterocycles. The van der Waals surface area contributed by atoms with E-state index < -0.39 is 58.5 Å². The molecule has 0 amide bonds. The number of hydrogen-bond acceptors (Lipinski definition) is 14. The molecule has 19 heteroatoms. The van der Waals surface area contributed by atoms with E-state index in [0.29, 0.717) is 5.56 Å². The molecule has 0 radical (unpaired) electrons. The smallest absolute Gasteiger partial charge is 0.322 e. The van der Waals surface area contributed by atoms with E-state index in [1.165, 1.54) is 37.4 Å². The molecule has 0 bridgehead atoms. The lowest BCUT2D eigenvalue weighted by molar-refractivity contribution is 0.0980. The number of ether oxygens (including phenoxy) is 2. The molecule has 1 aliphatic rings. The lowest BCUT2D eigenvalue weighted by Gasteiger charge is -2.25. The Balaban J connectivity index is 1.67. The van der Waals surface area contributed by atoms with Crippen molar-refractivity contribution in [2.24, 2.45) is 0 Å². The minimum atomic E-state index is -5.08. The summed E-state index contributed by atoms with van der Waals surface area (Å²) in [4.78, 5) is 37.7. The van der Waals surface area contributed by atoms with Crippen LogP contribution in [0.3, 0.4) is 0 Å². The molecule has 246 valence electrons. The lowest BCUT2D eigenvalue weighted by atomic mass is 9.82. The van der Waals surface area contributed by atoms with Crippen molar-refractivity contribution in [3.63, 3.8) is 0 Å². The second-order valence-electron chi connectivity index (χ2n) is 10.1. The van der Waals surface area contributed by atoms with E-state index in [4.69, 9.17) is 26.8 Å². The number of carbonyl (C=O) groups excluding carboxylic acids is 2. The highest BCUT2D eigenvalue weighted by Gasteiger charge is 2.37. The number of methoxy groups -OCH3 is 1. The van der Waals surface area contributed by atoms with Gasteiger partial charge >= 0.3 is 6.01 Å². The van der Waals surface area contributed by atoms with Crippen LogP contribution in [0.1, 0.15) is 43.0 Å². The second-order valence-corrected chi connectivity index (χ2v) is 13.2. The van der Waals surface area contributed by atoms with Gasteiger partial charge in [0, 0.05) is 24.8 Å². The van der Waals surface area contributed by atoms with Gasteiger partial charge in [-0.3, -0.25) is 18.7 Å². The molecule has 0 unspecified atom stereocenters. The van der Waals surface area contributed by atoms with Crippen molar-refractivity contribution in [2.75, 3.05) is 36.7 Å². The van der Waals surface area contributed by atoms with Crippen molar-refractivity contribution >= 4 is 66.4 Å². The number of anilines is 4. The van der Waals surface area contributed by atoms with Gasteiger partial charge in [0.15, 0.2) is 11.6 Å². The van der Waals surface area contributed by atoms with Crippen LogP contribution in [-0.4, -0.2) is 72.8 Å². The third-order valence-corrected chi connectivity index (χ3v) is 8.83. The van der Waals surface area contributed by atoms with Crippen LogP contribution in [0.15, 0.2) is 52.3 Å². The number of aryl methyl sites for hydroxylation is 1. The van der Waals surface area contributed by atoms with Crippen LogP contribution in [0, 0.1) is 6.92 Å². The number of aromatic nitrogens is 3. The van der Waals surface area contributed by atoms with Crippen molar-refractivity contribution in [3.05, 3.63) is 81.1 Å². The Kier molecular flexibility index (Phi) is 9.18. The monoisotopic (exact) mass is 704 g/mol. The number of carbonyl (C=O) groups is 2. The Labute approximate surface area is 272 Å². The topological polar surface area (TPSA) is 250 Å². The third-order valence-electron chi connectivity index (χ3n) is 6.89. The normalized spacial score (nSPS) is 12.8. The summed E-state index contributed by atoms with van der Waals surface area (Å²) < 4.78 is 80.5. The zero-order valence-corrected chi connectivity index (χ0v) is 26.8. The standard InChI is InChI=1S/C28H25ClN6O10S2/c1-13-9-14(12-31-27-33-26(29)34-28(35-27)45-8-7-44-2)23(19(10-13)47(41,42)43)32-17-11-18(46(38,39)40)22(30)21-20(17)24(36)15-5-3-4-6-16(15)25(21)37/h3-6,9-11,32H,7-8,12,30H2,1-2H3,(H,38,39,40)(H,41,42,43)(H,31,33,34,35). The Hall–Kier alpha value is -4.72. The number of rotatable bonds is 11. The molecule has 1 heterocycles. The Bertz CT molecular complexity index is 2180. The van der Waals surface area contributed by atoms with Gasteiger partial charge in [0.25, 0.3) is 20.2 Å². The summed E-state index contributed by atoms with van der Waals surface area (Å²) in [6.07, 6.45) is 0. The van der Waals surface area contributed by atoms with Gasteiger partial charge in [0.1, 0.15) is 16.4 Å². The molecular weight excluding hydrogens is 680 g/mol. The predicted octanol–water partition coefficient (Wildman–Crippen LogP) is 3.07. The van der Waals surface area contributed by atoms with Crippen LogP contribution in [0.2, 0.25) is 5.28 Å². The zero-order valence-electron chi connectivity index (χ0n) is 24.4. The predicted molar refractivity (Wildman–Crippen MR) is 168 cm³/mol. The molecule has 3 aromatic carbocycles. The first-order valence-electron chi connectivity index (χ1n) is 13.4. The minimum Gasteiger partial charge on any atom is -0.461 e. The van der Waals surface area contributed by atoms with Gasteiger partial charge in [-0.2, -0.15) is 31.8 Å². The molecule has 47 heavy (non-hydrogen) atoms. The van der Waals surface area contributed by atoms with Crippen LogP contribution in [0.5, 0.6) is 6.01 Å². The summed E-state index contributed by atoms with van der Waals surface area (Å²) in [6.45, 7) is 1.63. The highest BCUT2D eigenvalue weighted by molar-refractivity contribution is 7.86. The van der Waals surface area contributed by atoms with E-state index in [9.17, 15) is 35.5 Å². The Morgan fingerprint density at radius 3 is 2.15 bits per heavy atom. The van der Waals surface area contributed by atoms with Crippen molar-refractivity contribution in [1.82, 2.24) is 15.0 Å². The number of benzene rings is 3. The quantitative estimate of drug-likeness (QED) is 0.0752. The summed E-state index contributed by atoms with van der Waals surface area (Å²) in [7, 11) is -8.59. The maximum Gasteiger partial charge on any atom is 0.322 e. The highest BCUT2D eigenvalue weighted by Crippen LogP contribution is 2.41. The first-order valence-corrected chi connectivity index (χ1v) is 16.6. The number of hydrogen-bond donors (Lipinski definition) is 5. The Morgan fingerprint density at radius 1 is 0.894 bits per heavy atom. The molecular formula is C28H25ClN6O10S2. The minimum absolute atomic E-state index is 0.0249. The zero-order chi connectivity index (χ0) is 34.3. The van der Waals surface area contributed by atoms with Crippen LogP contribution < -0.4 is 21.1 Å². The molecule has 0 spiro atoms. The number of halogens is 1. The average molecular weight is 705 g/mol. The molecule has 4 aromatic rings. The van der Waals surface area contributed by atoms with E-state index in [0.717, 1.165) is 12.1 Å². The molecule has 5 rings (SSSR count). The lowest BCUT2D eigenvalue weighted by Crippen LogP contribution is -2.25. The van der Waals surface area contributed by atoms with Crippen LogP contribution in [0.4, 0.5) is 23.0 Å². The maximum atomic E-state index is 13.8. The molecule has 0 saturated carbocycles. The van der Waals surface area contributed by atoms with Crippen LogP contribution in [0.25, 0.3) is 0 Å². The first kappa shape index (κ1) is 33.6. The van der Waals surface area contributed by atoms with Crippen LogP contribution >= 0.6 is 11.6 Å². The summed E-state index contributed by atoms with van der Waals surface area (Å²) in [5.74, 6) is -1.64. The van der Waals surface area contributed by atoms with Gasteiger partial charge in [-0.15, -0.1) is 0 Å². The highest BCUT2D eigenvalue weighted by atomic mass is 35.5. The molecule has 6 N–H and O–H groups in total. The van der Waals surface area contributed by atoms with Gasteiger partial charge in [-0.1, -0.05) is 30.3 Å². The van der Waals surface area contributed by atoms with Crippen molar-refractivity contribution in [1.29, 1.82) is 0 Å². The molecule has 1 aliphatic carbocycles. The van der Waals surface area contributed by atoms with Gasteiger partial charge < -0.3 is 25.8 Å². The number of nitrogens with zero attached hydrogens (tertiary/aromatic N) is 3. The third kappa shape index (κ3) is 6.87. The van der Waals surface area contributed by atoms with E-state index in [-0.39, 0.29) is 64.9 Å². The van der Waals surface area contributed by atoms with E-state index in [1.807, 2.05) is 0 Å². The fraction of sp³-hybridized carbons (Fsp3) is 0.179. The van der Waals surface area contributed by atoms with Gasteiger partial charge in [-0.05, 0) is 41.8 Å². The summed E-state index contributed by atoms with van der Waals surface area (Å²) in [5.41, 5.74) is 4.15. The molecule has 16 nitrogen and oxygen atoms in total. The van der Waals surface area contributed by atoms with E-state index in [1.54, 1.807) is 6.92 Å². The molecule has 0 aliphatic heterocycles. The first-order chi connectivity index (χ1) is 22.1. The average Bonchev–Trinajstić information content (AvgIpc) is 2.99. The number of ketones is 2. The SMILES string of the molecule is COCCOc1nc(Cl)nc(NCc2cc(C)cc(S(=O)(=O)O)c2Nc2cc(S(=O)(=O)O)c(N)c3c2C(=O)c2ccccc2C3=O)n1. The summed E-state index contributed by atoms with van der Waals surface area (Å²) >= 11 is 6.01. The van der Waals surface area contributed by atoms with Crippen molar-refractivity contribution in [3.8, 4) is 6.01 Å². The Morgan fingerprint density at radius 2 is 1.53 bits per heavy atom. The van der Waals surface area contributed by atoms with Crippen molar-refractivity contribution < 1.29 is 45.0 Å². The van der Waals surface area contributed by atoms with Gasteiger partial charge in [-0.25, -0.2) is 0 Å². The van der Waals surface area contributed by atoms with Crippen molar-refractivity contribution in [2.45, 2.75) is 23.3 Å². The van der Waals surface area contributed by atoms with E-state index in [2.05, 4.69) is 25.6 Å². The maximum absolute atomic E-state index is 13.8. The largest absolute Gasteiger partial charge is 0.461 e. The van der Waals surface area contributed by atoms with E-state index >= 15 is 0 Å². The second kappa shape index (κ2) is 12.8. The fourth-order valence-corrected chi connectivity index (χ4v) is 6.49.